The lowest BCUT2D eigenvalue weighted by molar-refractivity contribution is -0.116. The first-order valence-corrected chi connectivity index (χ1v) is 6.38. The highest BCUT2D eigenvalue weighted by Crippen LogP contribution is 2.16. The van der Waals surface area contributed by atoms with Crippen molar-refractivity contribution >= 4 is 39.4 Å². The van der Waals surface area contributed by atoms with Crippen molar-refractivity contribution in [2.45, 2.75) is 5.37 Å². The zero-order valence-corrected chi connectivity index (χ0v) is 10.3. The smallest absolute Gasteiger partial charge is 0.253 e. The van der Waals surface area contributed by atoms with Crippen LogP contribution in [0.3, 0.4) is 0 Å². The summed E-state index contributed by atoms with van der Waals surface area (Å²) in [6, 6.07) is 5.42. The highest BCUT2D eigenvalue weighted by Gasteiger charge is 2.22. The Hall–Kier alpha value is -0.590. The SMILES string of the molecule is O=C(Nc1cccc(Br)n1)C1NCCS1. The number of nitrogens with one attached hydrogen (secondary N) is 2. The Balaban J connectivity index is 1.99. The summed E-state index contributed by atoms with van der Waals surface area (Å²) in [6.07, 6.45) is 0. The van der Waals surface area contributed by atoms with Crippen molar-refractivity contribution in [1.82, 2.24) is 10.3 Å². The van der Waals surface area contributed by atoms with Crippen LogP contribution in [0.5, 0.6) is 0 Å². The molecule has 1 atom stereocenters. The number of hydrogen-bond acceptors (Lipinski definition) is 4. The standard InChI is InChI=1S/C9H10BrN3OS/c10-6-2-1-3-7(12-6)13-8(14)9-11-4-5-15-9/h1-3,9,11H,4-5H2,(H,12,13,14). The fraction of sp³-hybridized carbons (Fsp3) is 0.333. The Morgan fingerprint density at radius 2 is 2.53 bits per heavy atom. The number of carbonyl (C=O) groups is 1. The third-order valence-electron chi connectivity index (χ3n) is 1.92. The minimum Gasteiger partial charge on any atom is -0.309 e. The molecule has 1 saturated heterocycles. The van der Waals surface area contributed by atoms with E-state index in [4.69, 9.17) is 0 Å². The second-order valence-electron chi connectivity index (χ2n) is 3.04. The van der Waals surface area contributed by atoms with E-state index in [1.165, 1.54) is 0 Å². The molecule has 0 saturated carbocycles. The van der Waals surface area contributed by atoms with Crippen molar-refractivity contribution in [2.75, 3.05) is 17.6 Å². The molecule has 0 aromatic carbocycles. The lowest BCUT2D eigenvalue weighted by Crippen LogP contribution is -2.33. The maximum atomic E-state index is 11.7. The predicted octanol–water partition coefficient (Wildman–Crippen LogP) is 1.45. The molecule has 1 amide bonds. The van der Waals surface area contributed by atoms with Crippen LogP contribution >= 0.6 is 27.7 Å². The molecule has 1 aromatic rings. The first-order chi connectivity index (χ1) is 7.25. The van der Waals surface area contributed by atoms with Gasteiger partial charge in [-0.2, -0.15) is 0 Å². The zero-order valence-electron chi connectivity index (χ0n) is 7.87. The molecule has 15 heavy (non-hydrogen) atoms. The maximum Gasteiger partial charge on any atom is 0.253 e. The number of carbonyl (C=O) groups excluding carboxylic acids is 1. The van der Waals surface area contributed by atoms with E-state index in [0.29, 0.717) is 10.4 Å². The van der Waals surface area contributed by atoms with Crippen molar-refractivity contribution in [3.8, 4) is 0 Å². The summed E-state index contributed by atoms with van der Waals surface area (Å²) in [4.78, 5) is 15.8. The number of amides is 1. The molecule has 1 aliphatic rings. The van der Waals surface area contributed by atoms with Crippen LogP contribution in [0.2, 0.25) is 0 Å². The third kappa shape index (κ3) is 2.93. The normalized spacial score (nSPS) is 20.2. The molecule has 80 valence electrons. The molecule has 1 aromatic heterocycles. The Morgan fingerprint density at radius 1 is 1.67 bits per heavy atom. The predicted molar refractivity (Wildman–Crippen MR) is 64.8 cm³/mol. The molecular weight excluding hydrogens is 278 g/mol. The summed E-state index contributed by atoms with van der Waals surface area (Å²) >= 11 is 4.86. The number of hydrogen-bond donors (Lipinski definition) is 2. The average Bonchev–Trinajstić information content (AvgIpc) is 2.70. The molecule has 2 rings (SSSR count). The van der Waals surface area contributed by atoms with Crippen LogP contribution in [0.4, 0.5) is 5.82 Å². The topological polar surface area (TPSA) is 54.0 Å². The molecule has 1 fully saturated rings. The Morgan fingerprint density at radius 3 is 3.20 bits per heavy atom. The van der Waals surface area contributed by atoms with E-state index in [1.54, 1.807) is 17.8 Å². The van der Waals surface area contributed by atoms with Crippen LogP contribution in [0, 0.1) is 0 Å². The van der Waals surface area contributed by atoms with E-state index in [0.717, 1.165) is 12.3 Å². The molecule has 2 heterocycles. The van der Waals surface area contributed by atoms with Gasteiger partial charge in [-0.3, -0.25) is 10.1 Å². The van der Waals surface area contributed by atoms with Crippen LogP contribution in [-0.2, 0) is 4.79 Å². The zero-order chi connectivity index (χ0) is 10.7. The molecule has 1 aliphatic heterocycles. The highest BCUT2D eigenvalue weighted by molar-refractivity contribution is 9.10. The fourth-order valence-electron chi connectivity index (χ4n) is 1.26. The molecule has 6 heteroatoms. The third-order valence-corrected chi connectivity index (χ3v) is 3.52. The van der Waals surface area contributed by atoms with Gasteiger partial charge in [-0.25, -0.2) is 4.98 Å². The second kappa shape index (κ2) is 4.96. The molecule has 0 radical (unpaired) electrons. The summed E-state index contributed by atoms with van der Waals surface area (Å²) in [5, 5.41) is 5.72. The molecule has 0 spiro atoms. The number of aromatic nitrogens is 1. The van der Waals surface area contributed by atoms with Gasteiger partial charge in [0.2, 0.25) is 0 Å². The summed E-state index contributed by atoms with van der Waals surface area (Å²) in [7, 11) is 0. The first kappa shape index (κ1) is 10.9. The highest BCUT2D eigenvalue weighted by atomic mass is 79.9. The van der Waals surface area contributed by atoms with Crippen LogP contribution < -0.4 is 10.6 Å². The maximum absolute atomic E-state index is 11.7. The molecule has 2 N–H and O–H groups in total. The second-order valence-corrected chi connectivity index (χ2v) is 5.07. The summed E-state index contributed by atoms with van der Waals surface area (Å²) in [6.45, 7) is 0.884. The number of pyridine rings is 1. The van der Waals surface area contributed by atoms with Crippen molar-refractivity contribution in [1.29, 1.82) is 0 Å². The van der Waals surface area contributed by atoms with E-state index in [2.05, 4.69) is 31.5 Å². The van der Waals surface area contributed by atoms with Gasteiger partial charge >= 0.3 is 0 Å². The average molecular weight is 288 g/mol. The van der Waals surface area contributed by atoms with E-state index >= 15 is 0 Å². The van der Waals surface area contributed by atoms with Gasteiger partial charge in [0.05, 0.1) is 0 Å². The summed E-state index contributed by atoms with van der Waals surface area (Å²) in [5.41, 5.74) is 0. The van der Waals surface area contributed by atoms with Crippen LogP contribution in [0.25, 0.3) is 0 Å². The monoisotopic (exact) mass is 287 g/mol. The van der Waals surface area contributed by atoms with Crippen molar-refractivity contribution in [3.63, 3.8) is 0 Å². The van der Waals surface area contributed by atoms with Crippen LogP contribution in [0.15, 0.2) is 22.8 Å². The lowest BCUT2D eigenvalue weighted by Gasteiger charge is -2.09. The molecule has 1 unspecified atom stereocenters. The van der Waals surface area contributed by atoms with Gasteiger partial charge in [-0.1, -0.05) is 6.07 Å². The van der Waals surface area contributed by atoms with Gasteiger partial charge in [0.1, 0.15) is 15.8 Å². The molecule has 0 bridgehead atoms. The number of halogens is 1. The van der Waals surface area contributed by atoms with E-state index in [-0.39, 0.29) is 11.3 Å². The van der Waals surface area contributed by atoms with E-state index < -0.39 is 0 Å². The first-order valence-electron chi connectivity index (χ1n) is 4.54. The Bertz CT molecular complexity index is 368. The Kier molecular flexibility index (Phi) is 3.61. The van der Waals surface area contributed by atoms with Gasteiger partial charge in [-0.15, -0.1) is 11.8 Å². The number of thioether (sulfide) groups is 1. The lowest BCUT2D eigenvalue weighted by atomic mass is 10.4. The van der Waals surface area contributed by atoms with Crippen molar-refractivity contribution in [3.05, 3.63) is 22.8 Å². The minimum absolute atomic E-state index is 0.0388. The quantitative estimate of drug-likeness (QED) is 0.809. The minimum atomic E-state index is -0.147. The largest absolute Gasteiger partial charge is 0.309 e. The van der Waals surface area contributed by atoms with Gasteiger partial charge in [-0.05, 0) is 28.1 Å². The van der Waals surface area contributed by atoms with E-state index in [1.807, 2.05) is 12.1 Å². The van der Waals surface area contributed by atoms with Gasteiger partial charge in [0, 0.05) is 12.3 Å². The number of anilines is 1. The Labute approximate surface area is 100 Å². The van der Waals surface area contributed by atoms with Crippen molar-refractivity contribution < 1.29 is 4.79 Å². The van der Waals surface area contributed by atoms with Gasteiger partial charge in [0.25, 0.3) is 5.91 Å². The molecular formula is C9H10BrN3OS. The van der Waals surface area contributed by atoms with Crippen LogP contribution in [-0.4, -0.2) is 28.6 Å². The van der Waals surface area contributed by atoms with Crippen molar-refractivity contribution in [2.24, 2.45) is 0 Å². The summed E-state index contributed by atoms with van der Waals surface area (Å²) in [5.74, 6) is 1.51. The fourth-order valence-corrected chi connectivity index (χ4v) is 2.52. The summed E-state index contributed by atoms with van der Waals surface area (Å²) < 4.78 is 0.715. The number of nitrogens with zero attached hydrogens (tertiary/aromatic N) is 1. The van der Waals surface area contributed by atoms with Crippen LogP contribution in [0.1, 0.15) is 0 Å². The van der Waals surface area contributed by atoms with Gasteiger partial charge in [0.15, 0.2) is 0 Å². The van der Waals surface area contributed by atoms with E-state index in [9.17, 15) is 4.79 Å². The van der Waals surface area contributed by atoms with Gasteiger partial charge < -0.3 is 5.32 Å². The molecule has 0 aliphatic carbocycles. The number of rotatable bonds is 2. The molecule has 4 nitrogen and oxygen atoms in total.